The van der Waals surface area contributed by atoms with Gasteiger partial charge in [-0.25, -0.2) is 13.6 Å². The minimum atomic E-state index is -3.75. The van der Waals surface area contributed by atoms with Crippen molar-refractivity contribution in [1.82, 2.24) is 5.32 Å². The Balaban J connectivity index is 1.83. The SMILES string of the molecule is NCCC(=O)NC1CCC(CC(=O)c2ccc(S(N)(=O)=O)cc2)CC1. The molecule has 5 N–H and O–H groups in total. The topological polar surface area (TPSA) is 132 Å². The third kappa shape index (κ3) is 5.91. The third-order valence-corrected chi connectivity index (χ3v) is 5.49. The molecule has 138 valence electrons. The van der Waals surface area contributed by atoms with Crippen molar-refractivity contribution in [1.29, 1.82) is 0 Å². The zero-order valence-electron chi connectivity index (χ0n) is 14.1. The van der Waals surface area contributed by atoms with E-state index in [2.05, 4.69) is 5.32 Å². The van der Waals surface area contributed by atoms with Gasteiger partial charge in [0, 0.05) is 31.0 Å². The Morgan fingerprint density at radius 1 is 1.08 bits per heavy atom. The first-order valence-corrected chi connectivity index (χ1v) is 9.99. The summed E-state index contributed by atoms with van der Waals surface area (Å²) in [6, 6.07) is 5.87. The summed E-state index contributed by atoms with van der Waals surface area (Å²) in [7, 11) is -3.75. The fraction of sp³-hybridized carbons (Fsp3) is 0.529. The Hall–Kier alpha value is -1.77. The lowest BCUT2D eigenvalue weighted by Gasteiger charge is -2.28. The maximum absolute atomic E-state index is 12.4. The average molecular weight is 367 g/mol. The number of Topliss-reactive ketones (excluding diaryl/α,β-unsaturated/α-hetero) is 1. The summed E-state index contributed by atoms with van der Waals surface area (Å²) in [5.41, 5.74) is 5.85. The Bertz CT molecular complexity index is 708. The highest BCUT2D eigenvalue weighted by atomic mass is 32.2. The molecule has 0 spiro atoms. The Kier molecular flexibility index (Phi) is 6.69. The minimum absolute atomic E-state index is 0.00206. The maximum Gasteiger partial charge on any atom is 0.238 e. The zero-order valence-corrected chi connectivity index (χ0v) is 14.9. The van der Waals surface area contributed by atoms with E-state index in [4.69, 9.17) is 10.9 Å². The van der Waals surface area contributed by atoms with Crippen LogP contribution in [-0.4, -0.2) is 32.7 Å². The summed E-state index contributed by atoms with van der Waals surface area (Å²) in [5.74, 6) is 0.265. The van der Waals surface area contributed by atoms with Crippen molar-refractivity contribution < 1.29 is 18.0 Å². The molecule has 25 heavy (non-hydrogen) atoms. The van der Waals surface area contributed by atoms with Crippen molar-refractivity contribution in [2.45, 2.75) is 49.5 Å². The molecule has 1 amide bonds. The van der Waals surface area contributed by atoms with Crippen molar-refractivity contribution >= 4 is 21.7 Å². The standard InChI is InChI=1S/C17H25N3O4S/c18-10-9-17(22)20-14-5-1-12(2-6-14)11-16(21)13-3-7-15(8-4-13)25(19,23)24/h3-4,7-8,12,14H,1-2,5-6,9-11,18H2,(H,20,22)(H2,19,23,24). The van der Waals surface area contributed by atoms with Gasteiger partial charge in [-0.05, 0) is 43.7 Å². The van der Waals surface area contributed by atoms with E-state index in [-0.39, 0.29) is 28.5 Å². The second kappa shape index (κ2) is 8.55. The molecule has 0 atom stereocenters. The smallest absolute Gasteiger partial charge is 0.238 e. The van der Waals surface area contributed by atoms with Crippen LogP contribution in [0.3, 0.4) is 0 Å². The number of carbonyl (C=O) groups is 2. The van der Waals surface area contributed by atoms with Crippen LogP contribution < -0.4 is 16.2 Å². The van der Waals surface area contributed by atoms with Gasteiger partial charge < -0.3 is 11.1 Å². The van der Waals surface area contributed by atoms with Gasteiger partial charge in [-0.15, -0.1) is 0 Å². The number of primary sulfonamides is 1. The molecule has 1 aromatic carbocycles. The summed E-state index contributed by atoms with van der Waals surface area (Å²) in [5, 5.41) is 8.02. The van der Waals surface area contributed by atoms with E-state index >= 15 is 0 Å². The number of amides is 1. The largest absolute Gasteiger partial charge is 0.353 e. The molecular weight excluding hydrogens is 342 g/mol. The molecule has 0 heterocycles. The van der Waals surface area contributed by atoms with Gasteiger partial charge in [0.1, 0.15) is 0 Å². The first-order valence-electron chi connectivity index (χ1n) is 8.45. The van der Waals surface area contributed by atoms with E-state index < -0.39 is 10.0 Å². The van der Waals surface area contributed by atoms with Crippen LogP contribution in [0, 0.1) is 5.92 Å². The molecule has 0 saturated heterocycles. The number of rotatable bonds is 7. The molecular formula is C17H25N3O4S. The summed E-state index contributed by atoms with van der Waals surface area (Å²) in [6.45, 7) is 0.347. The van der Waals surface area contributed by atoms with Gasteiger partial charge in [-0.1, -0.05) is 12.1 Å². The molecule has 1 saturated carbocycles. The summed E-state index contributed by atoms with van der Waals surface area (Å²) in [4.78, 5) is 23.9. The number of hydrogen-bond acceptors (Lipinski definition) is 5. The second-order valence-corrected chi connectivity index (χ2v) is 8.08. The first-order chi connectivity index (χ1) is 11.8. The molecule has 0 bridgehead atoms. The monoisotopic (exact) mass is 367 g/mol. The van der Waals surface area contributed by atoms with Crippen LogP contribution in [0.1, 0.15) is 48.9 Å². The highest BCUT2D eigenvalue weighted by Crippen LogP contribution is 2.28. The Morgan fingerprint density at radius 3 is 2.20 bits per heavy atom. The zero-order chi connectivity index (χ0) is 18.4. The molecule has 8 heteroatoms. The molecule has 7 nitrogen and oxygen atoms in total. The van der Waals surface area contributed by atoms with Crippen molar-refractivity contribution in [2.24, 2.45) is 16.8 Å². The highest BCUT2D eigenvalue weighted by molar-refractivity contribution is 7.89. The van der Waals surface area contributed by atoms with E-state index in [0.717, 1.165) is 25.7 Å². The Labute approximate surface area is 148 Å². The molecule has 1 fully saturated rings. The predicted molar refractivity (Wildman–Crippen MR) is 94.3 cm³/mol. The molecule has 0 aromatic heterocycles. The van der Waals surface area contributed by atoms with Crippen LogP contribution in [0.5, 0.6) is 0 Å². The van der Waals surface area contributed by atoms with Crippen LogP contribution in [0.4, 0.5) is 0 Å². The van der Waals surface area contributed by atoms with E-state index in [1.54, 1.807) is 0 Å². The number of carbonyl (C=O) groups excluding carboxylic acids is 2. The fourth-order valence-electron chi connectivity index (χ4n) is 3.15. The van der Waals surface area contributed by atoms with Crippen LogP contribution >= 0.6 is 0 Å². The molecule has 0 radical (unpaired) electrons. The lowest BCUT2D eigenvalue weighted by atomic mass is 9.82. The summed E-state index contributed by atoms with van der Waals surface area (Å²) >= 11 is 0. The van der Waals surface area contributed by atoms with Gasteiger partial charge in [-0.2, -0.15) is 0 Å². The predicted octanol–water partition coefficient (Wildman–Crippen LogP) is 0.931. The summed E-state index contributed by atoms with van der Waals surface area (Å²) in [6.07, 6.45) is 4.26. The normalized spacial score (nSPS) is 20.9. The lowest BCUT2D eigenvalue weighted by Crippen LogP contribution is -2.38. The quantitative estimate of drug-likeness (QED) is 0.617. The maximum atomic E-state index is 12.4. The molecule has 1 aromatic rings. The number of sulfonamides is 1. The number of hydrogen-bond donors (Lipinski definition) is 3. The van der Waals surface area contributed by atoms with Gasteiger partial charge >= 0.3 is 0 Å². The molecule has 1 aliphatic carbocycles. The van der Waals surface area contributed by atoms with Crippen LogP contribution in [0.15, 0.2) is 29.2 Å². The third-order valence-electron chi connectivity index (χ3n) is 4.56. The van der Waals surface area contributed by atoms with Gasteiger partial charge in [0.25, 0.3) is 0 Å². The number of benzene rings is 1. The second-order valence-electron chi connectivity index (χ2n) is 6.52. The van der Waals surface area contributed by atoms with E-state index in [1.807, 2.05) is 0 Å². The van der Waals surface area contributed by atoms with Gasteiger partial charge in [0.05, 0.1) is 4.90 Å². The Morgan fingerprint density at radius 2 is 1.68 bits per heavy atom. The fourth-order valence-corrected chi connectivity index (χ4v) is 3.67. The van der Waals surface area contributed by atoms with Crippen LogP contribution in [0.25, 0.3) is 0 Å². The highest BCUT2D eigenvalue weighted by Gasteiger charge is 2.24. The average Bonchev–Trinajstić information content (AvgIpc) is 2.56. The number of ketones is 1. The van der Waals surface area contributed by atoms with E-state index in [0.29, 0.717) is 24.9 Å². The van der Waals surface area contributed by atoms with Gasteiger partial charge in [0.15, 0.2) is 5.78 Å². The molecule has 0 aliphatic heterocycles. The van der Waals surface area contributed by atoms with E-state index in [1.165, 1.54) is 24.3 Å². The van der Waals surface area contributed by atoms with Crippen LogP contribution in [-0.2, 0) is 14.8 Å². The van der Waals surface area contributed by atoms with Crippen molar-refractivity contribution in [2.75, 3.05) is 6.54 Å². The van der Waals surface area contributed by atoms with Crippen LogP contribution in [0.2, 0.25) is 0 Å². The molecule has 0 unspecified atom stereocenters. The number of nitrogens with one attached hydrogen (secondary N) is 1. The van der Waals surface area contributed by atoms with Crippen molar-refractivity contribution in [3.05, 3.63) is 29.8 Å². The summed E-state index contributed by atoms with van der Waals surface area (Å²) < 4.78 is 22.5. The van der Waals surface area contributed by atoms with E-state index in [9.17, 15) is 18.0 Å². The first kappa shape index (κ1) is 19.6. The van der Waals surface area contributed by atoms with Gasteiger partial charge in [0.2, 0.25) is 15.9 Å². The minimum Gasteiger partial charge on any atom is -0.353 e. The molecule has 1 aliphatic rings. The van der Waals surface area contributed by atoms with Crippen molar-refractivity contribution in [3.8, 4) is 0 Å². The van der Waals surface area contributed by atoms with Crippen molar-refractivity contribution in [3.63, 3.8) is 0 Å². The van der Waals surface area contributed by atoms with Gasteiger partial charge in [-0.3, -0.25) is 9.59 Å². The lowest BCUT2D eigenvalue weighted by molar-refractivity contribution is -0.121. The number of nitrogens with two attached hydrogens (primary N) is 2. The molecule has 2 rings (SSSR count).